The Bertz CT molecular complexity index is 1190. The maximum Gasteiger partial charge on any atom is 0.321 e. The van der Waals surface area contributed by atoms with Gasteiger partial charge in [-0.1, -0.05) is 41.4 Å². The van der Waals surface area contributed by atoms with E-state index in [-0.39, 0.29) is 34.5 Å². The van der Waals surface area contributed by atoms with Crippen molar-refractivity contribution < 1.29 is 9.59 Å². The maximum atomic E-state index is 12.7. The third-order valence-corrected chi connectivity index (χ3v) is 5.60. The first-order valence-electron chi connectivity index (χ1n) is 9.65. The average molecular weight is 460 g/mol. The molecule has 0 bridgehead atoms. The van der Waals surface area contributed by atoms with E-state index in [9.17, 15) is 14.4 Å². The molecule has 0 saturated carbocycles. The van der Waals surface area contributed by atoms with Crippen LogP contribution in [-0.2, 0) is 11.3 Å². The van der Waals surface area contributed by atoms with E-state index in [2.05, 4.69) is 10.3 Å². The Balaban J connectivity index is 1.39. The molecule has 160 valence electrons. The number of benzene rings is 2. The Kier molecular flexibility index (Phi) is 6.11. The molecule has 10 heteroatoms. The van der Waals surface area contributed by atoms with Crippen LogP contribution in [0, 0.1) is 0 Å². The van der Waals surface area contributed by atoms with Crippen LogP contribution in [0.1, 0.15) is 0 Å². The molecule has 1 aliphatic rings. The highest BCUT2D eigenvalue weighted by Gasteiger charge is 2.24. The normalized spacial score (nSPS) is 14.0. The number of piperazine rings is 1. The van der Waals surface area contributed by atoms with Crippen LogP contribution in [0.15, 0.2) is 53.6 Å². The number of nitrogens with zero attached hydrogens (tertiary/aromatic N) is 4. The topological polar surface area (TPSA) is 87.5 Å². The lowest BCUT2D eigenvalue weighted by atomic mass is 10.2. The van der Waals surface area contributed by atoms with Gasteiger partial charge in [-0.05, 0) is 24.3 Å². The molecule has 8 nitrogen and oxygen atoms in total. The zero-order valence-corrected chi connectivity index (χ0v) is 17.9. The SMILES string of the molecule is O=C(Cn1cnc2c(Cl)cc(Cl)cc2c1=O)N1CCN(C(=O)Nc2ccccc2)CC1. The summed E-state index contributed by atoms with van der Waals surface area (Å²) in [6.07, 6.45) is 1.31. The fourth-order valence-electron chi connectivity index (χ4n) is 3.44. The van der Waals surface area contributed by atoms with Gasteiger partial charge in [-0.15, -0.1) is 0 Å². The van der Waals surface area contributed by atoms with Crippen molar-refractivity contribution >= 4 is 51.7 Å². The first-order chi connectivity index (χ1) is 14.9. The maximum absolute atomic E-state index is 12.7. The average Bonchev–Trinajstić information content (AvgIpc) is 2.76. The quantitative estimate of drug-likeness (QED) is 0.651. The van der Waals surface area contributed by atoms with Gasteiger partial charge >= 0.3 is 6.03 Å². The van der Waals surface area contributed by atoms with Crippen molar-refractivity contribution in [1.29, 1.82) is 0 Å². The van der Waals surface area contributed by atoms with Crippen LogP contribution in [0.2, 0.25) is 10.0 Å². The van der Waals surface area contributed by atoms with Crippen LogP contribution < -0.4 is 10.9 Å². The third kappa shape index (κ3) is 4.65. The van der Waals surface area contributed by atoms with Crippen molar-refractivity contribution in [2.45, 2.75) is 6.54 Å². The van der Waals surface area contributed by atoms with E-state index in [4.69, 9.17) is 23.2 Å². The van der Waals surface area contributed by atoms with Crippen LogP contribution in [0.3, 0.4) is 0 Å². The molecule has 1 N–H and O–H groups in total. The van der Waals surface area contributed by atoms with E-state index in [1.807, 2.05) is 30.3 Å². The lowest BCUT2D eigenvalue weighted by Crippen LogP contribution is -2.52. The minimum atomic E-state index is -0.386. The summed E-state index contributed by atoms with van der Waals surface area (Å²) in [7, 11) is 0. The summed E-state index contributed by atoms with van der Waals surface area (Å²) in [6.45, 7) is 1.42. The second-order valence-corrected chi connectivity index (χ2v) is 7.97. The molecule has 0 unspecified atom stereocenters. The van der Waals surface area contributed by atoms with Crippen molar-refractivity contribution in [3.63, 3.8) is 0 Å². The molecular weight excluding hydrogens is 441 g/mol. The number of fused-ring (bicyclic) bond motifs is 1. The summed E-state index contributed by atoms with van der Waals surface area (Å²) in [5.41, 5.74) is 0.677. The number of hydrogen-bond donors (Lipinski definition) is 1. The lowest BCUT2D eigenvalue weighted by Gasteiger charge is -2.34. The standard InChI is InChI=1S/C21H19Cl2N5O3/c22-14-10-16-19(17(23)11-14)24-13-28(20(16)30)12-18(29)26-6-8-27(9-7-26)21(31)25-15-4-2-1-3-5-15/h1-5,10-11,13H,6-9,12H2,(H,25,31). The monoisotopic (exact) mass is 459 g/mol. The van der Waals surface area contributed by atoms with Gasteiger partial charge in [0.25, 0.3) is 5.56 Å². The van der Waals surface area contributed by atoms with Gasteiger partial charge in [0.2, 0.25) is 5.91 Å². The fraction of sp³-hybridized carbons (Fsp3) is 0.238. The van der Waals surface area contributed by atoms with Gasteiger partial charge in [0, 0.05) is 36.9 Å². The smallest absolute Gasteiger partial charge is 0.321 e. The van der Waals surface area contributed by atoms with E-state index in [1.165, 1.54) is 23.0 Å². The molecule has 0 aliphatic carbocycles. The second kappa shape index (κ2) is 8.95. The van der Waals surface area contributed by atoms with Gasteiger partial charge in [-0.2, -0.15) is 0 Å². The van der Waals surface area contributed by atoms with E-state index < -0.39 is 0 Å². The van der Waals surface area contributed by atoms with Crippen molar-refractivity contribution in [2.75, 3.05) is 31.5 Å². The van der Waals surface area contributed by atoms with E-state index in [0.717, 1.165) is 5.69 Å². The highest BCUT2D eigenvalue weighted by Crippen LogP contribution is 2.24. The Morgan fingerprint density at radius 2 is 1.68 bits per heavy atom. The van der Waals surface area contributed by atoms with Crippen LogP contribution in [0.4, 0.5) is 10.5 Å². The summed E-state index contributed by atoms with van der Waals surface area (Å²) in [5, 5.41) is 3.70. The first kappa shape index (κ1) is 21.1. The highest BCUT2D eigenvalue weighted by atomic mass is 35.5. The molecule has 0 radical (unpaired) electrons. The van der Waals surface area contributed by atoms with Crippen molar-refractivity contribution in [3.8, 4) is 0 Å². The lowest BCUT2D eigenvalue weighted by molar-refractivity contribution is -0.133. The Morgan fingerprint density at radius 1 is 1.00 bits per heavy atom. The molecule has 1 aliphatic heterocycles. The summed E-state index contributed by atoms with van der Waals surface area (Å²) < 4.78 is 1.24. The summed E-state index contributed by atoms with van der Waals surface area (Å²) >= 11 is 12.1. The number of amides is 3. The molecule has 1 fully saturated rings. The first-order valence-corrected chi connectivity index (χ1v) is 10.4. The molecule has 2 aromatic carbocycles. The van der Waals surface area contributed by atoms with Gasteiger partial charge in [-0.25, -0.2) is 9.78 Å². The molecule has 2 heterocycles. The van der Waals surface area contributed by atoms with Crippen molar-refractivity contribution in [2.24, 2.45) is 0 Å². The second-order valence-electron chi connectivity index (χ2n) is 7.13. The number of aromatic nitrogens is 2. The van der Waals surface area contributed by atoms with E-state index >= 15 is 0 Å². The molecular formula is C21H19Cl2N5O3. The molecule has 0 spiro atoms. The van der Waals surface area contributed by atoms with Gasteiger partial charge in [-0.3, -0.25) is 14.2 Å². The van der Waals surface area contributed by atoms with Gasteiger partial charge in [0.1, 0.15) is 6.54 Å². The minimum Gasteiger partial charge on any atom is -0.338 e. The Labute approximate surface area is 188 Å². The summed E-state index contributed by atoms with van der Waals surface area (Å²) in [4.78, 5) is 45.3. The predicted molar refractivity (Wildman–Crippen MR) is 120 cm³/mol. The number of hydrogen-bond acceptors (Lipinski definition) is 4. The van der Waals surface area contributed by atoms with Crippen LogP contribution in [0.25, 0.3) is 10.9 Å². The third-order valence-electron chi connectivity index (χ3n) is 5.10. The fourth-order valence-corrected chi connectivity index (χ4v) is 3.98. The zero-order valence-electron chi connectivity index (χ0n) is 16.4. The summed E-state index contributed by atoms with van der Waals surface area (Å²) in [6, 6.07) is 12.0. The molecule has 4 rings (SSSR count). The number of urea groups is 1. The number of carbonyl (C=O) groups excluding carboxylic acids is 2. The molecule has 1 saturated heterocycles. The van der Waals surface area contributed by atoms with Gasteiger partial charge in [0.15, 0.2) is 0 Å². The van der Waals surface area contributed by atoms with Gasteiger partial charge in [0.05, 0.1) is 22.3 Å². The molecule has 3 aromatic rings. The van der Waals surface area contributed by atoms with Crippen LogP contribution in [0.5, 0.6) is 0 Å². The largest absolute Gasteiger partial charge is 0.338 e. The number of rotatable bonds is 3. The number of para-hydroxylation sites is 1. The van der Waals surface area contributed by atoms with Crippen molar-refractivity contribution in [1.82, 2.24) is 19.4 Å². The van der Waals surface area contributed by atoms with E-state index in [1.54, 1.807) is 9.80 Å². The predicted octanol–water partition coefficient (Wildman–Crippen LogP) is 3.08. The van der Waals surface area contributed by atoms with Crippen molar-refractivity contribution in [3.05, 3.63) is 69.2 Å². The van der Waals surface area contributed by atoms with Gasteiger partial charge < -0.3 is 15.1 Å². The Hall–Kier alpha value is -3.10. The molecule has 0 atom stereocenters. The van der Waals surface area contributed by atoms with Crippen LogP contribution in [-0.4, -0.2) is 57.5 Å². The number of nitrogens with one attached hydrogen (secondary N) is 1. The Morgan fingerprint density at radius 3 is 2.39 bits per heavy atom. The van der Waals surface area contributed by atoms with E-state index in [0.29, 0.717) is 36.7 Å². The molecule has 3 amide bonds. The summed E-state index contributed by atoms with van der Waals surface area (Å²) in [5.74, 6) is -0.223. The highest BCUT2D eigenvalue weighted by molar-refractivity contribution is 6.38. The minimum absolute atomic E-state index is 0.151. The van der Waals surface area contributed by atoms with Crippen LogP contribution >= 0.6 is 23.2 Å². The number of anilines is 1. The zero-order chi connectivity index (χ0) is 22.0. The molecule has 31 heavy (non-hydrogen) atoms. The number of halogens is 2. The molecule has 1 aromatic heterocycles. The number of carbonyl (C=O) groups is 2.